The van der Waals surface area contributed by atoms with Gasteiger partial charge in [0, 0.05) is 23.0 Å². The molecule has 2 aromatic carbocycles. The van der Waals surface area contributed by atoms with Crippen molar-refractivity contribution < 1.29 is 19.1 Å². The van der Waals surface area contributed by atoms with Gasteiger partial charge >= 0.3 is 0 Å². The van der Waals surface area contributed by atoms with E-state index >= 15 is 0 Å². The van der Waals surface area contributed by atoms with Crippen LogP contribution in [0.5, 0.6) is 11.5 Å². The SMILES string of the molecule is COc1ccc(CCC(=O)N(Cc2cccc(Br)c2)[C@@H](C)C(=O)NC(C)(C)C)cc1OC. The van der Waals surface area contributed by atoms with Gasteiger partial charge in [-0.25, -0.2) is 0 Å². The van der Waals surface area contributed by atoms with E-state index in [9.17, 15) is 9.59 Å². The number of halogens is 1. The zero-order valence-electron chi connectivity index (χ0n) is 19.7. The summed E-state index contributed by atoms with van der Waals surface area (Å²) in [4.78, 5) is 27.8. The molecule has 7 heteroatoms. The molecule has 1 atom stereocenters. The highest BCUT2D eigenvalue weighted by Gasteiger charge is 2.28. The number of methoxy groups -OCH3 is 2. The molecule has 2 rings (SSSR count). The zero-order chi connectivity index (χ0) is 23.9. The largest absolute Gasteiger partial charge is 0.493 e. The van der Waals surface area contributed by atoms with Gasteiger partial charge in [-0.05, 0) is 69.5 Å². The first kappa shape index (κ1) is 25.7. The Kier molecular flexibility index (Phi) is 9.13. The van der Waals surface area contributed by atoms with E-state index < -0.39 is 6.04 Å². The normalized spacial score (nSPS) is 12.1. The van der Waals surface area contributed by atoms with Crippen LogP contribution in [0.3, 0.4) is 0 Å². The molecule has 0 aliphatic heterocycles. The Morgan fingerprint density at radius 3 is 2.31 bits per heavy atom. The number of amides is 2. The number of benzene rings is 2. The lowest BCUT2D eigenvalue weighted by molar-refractivity contribution is -0.141. The van der Waals surface area contributed by atoms with Crippen LogP contribution in [-0.2, 0) is 22.6 Å². The number of nitrogens with zero attached hydrogens (tertiary/aromatic N) is 1. The van der Waals surface area contributed by atoms with Crippen LogP contribution in [-0.4, -0.2) is 42.5 Å². The first-order chi connectivity index (χ1) is 15.0. The van der Waals surface area contributed by atoms with Gasteiger partial charge < -0.3 is 19.7 Å². The third kappa shape index (κ3) is 7.55. The van der Waals surface area contributed by atoms with Crippen LogP contribution in [0.1, 0.15) is 45.2 Å². The summed E-state index contributed by atoms with van der Waals surface area (Å²) in [5.41, 5.74) is 1.54. The predicted octanol–water partition coefficient (Wildman–Crippen LogP) is 4.73. The first-order valence-electron chi connectivity index (χ1n) is 10.6. The fraction of sp³-hybridized carbons (Fsp3) is 0.440. The summed E-state index contributed by atoms with van der Waals surface area (Å²) >= 11 is 3.48. The fourth-order valence-corrected chi connectivity index (χ4v) is 3.77. The summed E-state index contributed by atoms with van der Waals surface area (Å²) in [7, 11) is 3.17. The van der Waals surface area contributed by atoms with E-state index in [2.05, 4.69) is 21.2 Å². The molecule has 0 aliphatic carbocycles. The smallest absolute Gasteiger partial charge is 0.242 e. The van der Waals surface area contributed by atoms with E-state index in [0.29, 0.717) is 24.5 Å². The number of aryl methyl sites for hydroxylation is 1. The second-order valence-corrected chi connectivity index (χ2v) is 9.67. The lowest BCUT2D eigenvalue weighted by Crippen LogP contribution is -2.52. The van der Waals surface area contributed by atoms with Crippen molar-refractivity contribution in [2.45, 2.75) is 58.7 Å². The molecule has 0 fully saturated rings. The molecule has 0 saturated carbocycles. The van der Waals surface area contributed by atoms with Crippen molar-refractivity contribution in [3.63, 3.8) is 0 Å². The molecular formula is C25H33BrN2O4. The van der Waals surface area contributed by atoms with Gasteiger partial charge in [0.1, 0.15) is 6.04 Å². The van der Waals surface area contributed by atoms with Gasteiger partial charge in [0.05, 0.1) is 14.2 Å². The molecule has 0 heterocycles. The zero-order valence-corrected chi connectivity index (χ0v) is 21.3. The number of carbonyl (C=O) groups is 2. The van der Waals surface area contributed by atoms with Gasteiger partial charge in [0.15, 0.2) is 11.5 Å². The second-order valence-electron chi connectivity index (χ2n) is 8.76. The van der Waals surface area contributed by atoms with Gasteiger partial charge in [0.2, 0.25) is 11.8 Å². The molecule has 0 aromatic heterocycles. The Labute approximate surface area is 199 Å². The summed E-state index contributed by atoms with van der Waals surface area (Å²) in [5.74, 6) is 1.01. The minimum Gasteiger partial charge on any atom is -0.493 e. The summed E-state index contributed by atoms with van der Waals surface area (Å²) < 4.78 is 11.6. The number of ether oxygens (including phenoxy) is 2. The lowest BCUT2D eigenvalue weighted by Gasteiger charge is -2.31. The highest BCUT2D eigenvalue weighted by Crippen LogP contribution is 2.28. The standard InChI is InChI=1S/C25H33BrN2O4/c1-17(24(30)27-25(2,3)4)28(16-19-8-7-9-20(26)14-19)23(29)13-11-18-10-12-21(31-5)22(15-18)32-6/h7-10,12,14-15,17H,11,13,16H2,1-6H3,(H,27,30)/t17-/m0/s1. The monoisotopic (exact) mass is 504 g/mol. The highest BCUT2D eigenvalue weighted by atomic mass is 79.9. The van der Waals surface area contributed by atoms with Crippen LogP contribution < -0.4 is 14.8 Å². The molecule has 0 saturated heterocycles. The molecule has 2 aromatic rings. The van der Waals surface area contributed by atoms with E-state index in [1.54, 1.807) is 26.0 Å². The quantitative estimate of drug-likeness (QED) is 0.535. The first-order valence-corrected chi connectivity index (χ1v) is 11.4. The van der Waals surface area contributed by atoms with E-state index in [4.69, 9.17) is 9.47 Å². The second kappa shape index (κ2) is 11.4. The molecule has 0 bridgehead atoms. The van der Waals surface area contributed by atoms with Crippen LogP contribution in [0.4, 0.5) is 0 Å². The number of hydrogen-bond donors (Lipinski definition) is 1. The Morgan fingerprint density at radius 1 is 1.03 bits per heavy atom. The molecule has 32 heavy (non-hydrogen) atoms. The Balaban J connectivity index is 2.20. The Hall–Kier alpha value is -2.54. The van der Waals surface area contributed by atoms with Crippen LogP contribution in [0.25, 0.3) is 0 Å². The van der Waals surface area contributed by atoms with E-state index in [0.717, 1.165) is 15.6 Å². The molecule has 0 unspecified atom stereocenters. The van der Waals surface area contributed by atoms with E-state index in [1.165, 1.54) is 0 Å². The van der Waals surface area contributed by atoms with Gasteiger partial charge in [0.25, 0.3) is 0 Å². The average molecular weight is 505 g/mol. The molecule has 6 nitrogen and oxygen atoms in total. The van der Waals surface area contributed by atoms with Crippen LogP contribution in [0, 0.1) is 0 Å². The maximum Gasteiger partial charge on any atom is 0.242 e. The molecular weight excluding hydrogens is 472 g/mol. The van der Waals surface area contributed by atoms with E-state index in [1.807, 2.05) is 63.2 Å². The number of rotatable bonds is 9. The maximum absolute atomic E-state index is 13.3. The van der Waals surface area contributed by atoms with Crippen molar-refractivity contribution in [2.24, 2.45) is 0 Å². The molecule has 1 N–H and O–H groups in total. The third-order valence-electron chi connectivity index (χ3n) is 4.98. The fourth-order valence-electron chi connectivity index (χ4n) is 3.32. The lowest BCUT2D eigenvalue weighted by atomic mass is 10.1. The number of hydrogen-bond acceptors (Lipinski definition) is 4. The van der Waals surface area contributed by atoms with Crippen molar-refractivity contribution in [2.75, 3.05) is 14.2 Å². The van der Waals surface area contributed by atoms with Crippen LogP contribution >= 0.6 is 15.9 Å². The minimum absolute atomic E-state index is 0.0867. The summed E-state index contributed by atoms with van der Waals surface area (Å²) in [6, 6.07) is 12.8. The number of nitrogens with one attached hydrogen (secondary N) is 1. The van der Waals surface area contributed by atoms with Gasteiger partial charge in [-0.3, -0.25) is 9.59 Å². The van der Waals surface area contributed by atoms with Gasteiger partial charge in [-0.15, -0.1) is 0 Å². The Morgan fingerprint density at radius 2 is 1.72 bits per heavy atom. The van der Waals surface area contributed by atoms with Crippen LogP contribution in [0.15, 0.2) is 46.9 Å². The molecule has 2 amide bonds. The van der Waals surface area contributed by atoms with Crippen molar-refractivity contribution in [1.82, 2.24) is 10.2 Å². The van der Waals surface area contributed by atoms with Crippen molar-refractivity contribution >= 4 is 27.7 Å². The third-order valence-corrected chi connectivity index (χ3v) is 5.48. The summed E-state index contributed by atoms with van der Waals surface area (Å²) in [5, 5.41) is 2.98. The predicted molar refractivity (Wildman–Crippen MR) is 130 cm³/mol. The molecule has 174 valence electrons. The minimum atomic E-state index is -0.605. The Bertz CT molecular complexity index is 940. The molecule has 0 spiro atoms. The molecule has 0 aliphatic rings. The highest BCUT2D eigenvalue weighted by molar-refractivity contribution is 9.10. The topological polar surface area (TPSA) is 67.9 Å². The maximum atomic E-state index is 13.3. The van der Waals surface area contributed by atoms with Crippen LogP contribution in [0.2, 0.25) is 0 Å². The summed E-state index contributed by atoms with van der Waals surface area (Å²) in [6.07, 6.45) is 0.804. The average Bonchev–Trinajstić information content (AvgIpc) is 2.73. The van der Waals surface area contributed by atoms with Gasteiger partial charge in [-0.1, -0.05) is 34.1 Å². The summed E-state index contributed by atoms with van der Waals surface area (Å²) in [6.45, 7) is 7.90. The van der Waals surface area contributed by atoms with Crippen molar-refractivity contribution in [1.29, 1.82) is 0 Å². The van der Waals surface area contributed by atoms with E-state index in [-0.39, 0.29) is 23.8 Å². The number of carbonyl (C=O) groups excluding carboxylic acids is 2. The molecule has 0 radical (unpaired) electrons. The van der Waals surface area contributed by atoms with Crippen molar-refractivity contribution in [3.05, 3.63) is 58.1 Å². The van der Waals surface area contributed by atoms with Gasteiger partial charge in [-0.2, -0.15) is 0 Å². The van der Waals surface area contributed by atoms with Crippen molar-refractivity contribution in [3.8, 4) is 11.5 Å².